The van der Waals surface area contributed by atoms with Gasteiger partial charge in [-0.3, -0.25) is 0 Å². The quantitative estimate of drug-likeness (QED) is 0.826. The highest BCUT2D eigenvalue weighted by molar-refractivity contribution is 7.19. The van der Waals surface area contributed by atoms with E-state index in [2.05, 4.69) is 10.3 Å². The second-order valence-electron chi connectivity index (χ2n) is 2.70. The molecular weight excluding hydrogens is 218 g/mol. The van der Waals surface area contributed by atoms with Crippen LogP contribution in [0.1, 0.15) is 0 Å². The Morgan fingerprint density at radius 1 is 1.43 bits per heavy atom. The molecule has 0 fully saturated rings. The topological polar surface area (TPSA) is 50.9 Å². The van der Waals surface area contributed by atoms with Crippen molar-refractivity contribution >= 4 is 38.8 Å². The predicted molar refractivity (Wildman–Crippen MR) is 61.3 cm³/mol. The molecule has 14 heavy (non-hydrogen) atoms. The summed E-state index contributed by atoms with van der Waals surface area (Å²) in [6.45, 7) is 0. The van der Waals surface area contributed by atoms with E-state index in [9.17, 15) is 0 Å². The number of benzene rings is 1. The molecule has 1 aromatic carbocycles. The van der Waals surface area contributed by atoms with E-state index in [1.54, 1.807) is 6.20 Å². The number of hydrogen-bond donors (Lipinski definition) is 2. The van der Waals surface area contributed by atoms with Gasteiger partial charge in [-0.15, -0.1) is 0 Å². The van der Waals surface area contributed by atoms with Crippen molar-refractivity contribution in [3.05, 3.63) is 35.5 Å². The smallest absolute Gasteiger partial charge is 0.189 e. The molecular formula is C9H8ClN3S. The molecule has 3 N–H and O–H groups in total. The van der Waals surface area contributed by atoms with Gasteiger partial charge in [0.2, 0.25) is 0 Å². The van der Waals surface area contributed by atoms with Gasteiger partial charge < -0.3 is 11.1 Å². The Hall–Kier alpha value is -1.26. The summed E-state index contributed by atoms with van der Waals surface area (Å²) in [6.07, 6.45) is 1.62. The third kappa shape index (κ3) is 2.16. The molecule has 0 aliphatic carbocycles. The monoisotopic (exact) mass is 225 g/mol. The molecule has 72 valence electrons. The van der Waals surface area contributed by atoms with Gasteiger partial charge in [0.1, 0.15) is 5.00 Å². The third-order valence-electron chi connectivity index (χ3n) is 1.60. The van der Waals surface area contributed by atoms with Crippen molar-refractivity contribution in [3.8, 4) is 0 Å². The number of rotatable bonds is 2. The molecule has 0 spiro atoms. The van der Waals surface area contributed by atoms with Crippen molar-refractivity contribution in [2.24, 2.45) is 0 Å². The Kier molecular flexibility index (Phi) is 2.56. The highest BCUT2D eigenvalue weighted by Gasteiger charge is 1.99. The molecule has 0 atom stereocenters. The Morgan fingerprint density at radius 2 is 2.29 bits per heavy atom. The summed E-state index contributed by atoms with van der Waals surface area (Å²) in [7, 11) is 0. The van der Waals surface area contributed by atoms with Crippen molar-refractivity contribution in [3.63, 3.8) is 0 Å². The fraction of sp³-hybridized carbons (Fsp3) is 0. The molecule has 0 saturated carbocycles. The van der Waals surface area contributed by atoms with E-state index in [0.29, 0.717) is 10.0 Å². The number of anilines is 3. The average Bonchev–Trinajstić information content (AvgIpc) is 2.51. The minimum Gasteiger partial charge on any atom is -0.389 e. The Bertz CT molecular complexity index is 441. The fourth-order valence-corrected chi connectivity index (χ4v) is 1.83. The number of hydrogen-bond acceptors (Lipinski definition) is 4. The summed E-state index contributed by atoms with van der Waals surface area (Å²) < 4.78 is 0. The van der Waals surface area contributed by atoms with Gasteiger partial charge in [0.25, 0.3) is 0 Å². The number of nitrogens with one attached hydrogen (secondary N) is 1. The van der Waals surface area contributed by atoms with Crippen LogP contribution < -0.4 is 11.1 Å². The van der Waals surface area contributed by atoms with Crippen molar-refractivity contribution < 1.29 is 0 Å². The lowest BCUT2D eigenvalue weighted by Gasteiger charge is -2.01. The molecule has 5 heteroatoms. The summed E-state index contributed by atoms with van der Waals surface area (Å²) in [4.78, 5) is 4.08. The van der Waals surface area contributed by atoms with Gasteiger partial charge >= 0.3 is 0 Å². The lowest BCUT2D eigenvalue weighted by Crippen LogP contribution is -1.87. The summed E-state index contributed by atoms with van der Waals surface area (Å²) in [6, 6.07) is 7.45. The first kappa shape index (κ1) is 9.30. The molecule has 0 bridgehead atoms. The Labute approximate surface area is 90.5 Å². The van der Waals surface area contributed by atoms with Crippen LogP contribution in [0.5, 0.6) is 0 Å². The van der Waals surface area contributed by atoms with E-state index in [4.69, 9.17) is 17.3 Å². The van der Waals surface area contributed by atoms with Gasteiger partial charge in [0.05, 0.1) is 6.20 Å². The number of thiazole rings is 1. The number of nitrogen functional groups attached to an aromatic ring is 1. The minimum atomic E-state index is 0.689. The highest BCUT2D eigenvalue weighted by atomic mass is 35.5. The van der Waals surface area contributed by atoms with Gasteiger partial charge in [-0.05, 0) is 18.2 Å². The number of nitrogens with two attached hydrogens (primary N) is 1. The van der Waals surface area contributed by atoms with Crippen LogP contribution in [0, 0.1) is 0 Å². The molecule has 1 heterocycles. The molecule has 3 nitrogen and oxygen atoms in total. The molecule has 0 saturated heterocycles. The van der Waals surface area contributed by atoms with E-state index in [-0.39, 0.29) is 0 Å². The molecule has 2 rings (SSSR count). The third-order valence-corrected chi connectivity index (χ3v) is 2.58. The van der Waals surface area contributed by atoms with Crippen LogP contribution in [0.4, 0.5) is 15.8 Å². The van der Waals surface area contributed by atoms with Gasteiger partial charge in [0, 0.05) is 10.7 Å². The van der Waals surface area contributed by atoms with Crippen molar-refractivity contribution in [1.29, 1.82) is 0 Å². The Morgan fingerprint density at radius 3 is 2.93 bits per heavy atom. The summed E-state index contributed by atoms with van der Waals surface area (Å²) in [5.41, 5.74) is 6.46. The minimum absolute atomic E-state index is 0.689. The molecule has 0 radical (unpaired) electrons. The van der Waals surface area contributed by atoms with E-state index in [1.165, 1.54) is 11.3 Å². The summed E-state index contributed by atoms with van der Waals surface area (Å²) in [5.74, 6) is 0. The van der Waals surface area contributed by atoms with Crippen molar-refractivity contribution in [1.82, 2.24) is 4.98 Å². The van der Waals surface area contributed by atoms with Crippen LogP contribution in [0.3, 0.4) is 0 Å². The maximum Gasteiger partial charge on any atom is 0.189 e. The van der Waals surface area contributed by atoms with Gasteiger partial charge in [0.15, 0.2) is 5.13 Å². The van der Waals surface area contributed by atoms with E-state index in [0.717, 1.165) is 10.8 Å². The molecule has 0 unspecified atom stereocenters. The van der Waals surface area contributed by atoms with Gasteiger partial charge in [-0.25, -0.2) is 4.98 Å². The van der Waals surface area contributed by atoms with Crippen LogP contribution in [0.15, 0.2) is 30.5 Å². The van der Waals surface area contributed by atoms with E-state index in [1.807, 2.05) is 24.3 Å². The zero-order valence-electron chi connectivity index (χ0n) is 7.20. The first-order chi connectivity index (χ1) is 6.74. The van der Waals surface area contributed by atoms with Gasteiger partial charge in [-0.1, -0.05) is 29.0 Å². The highest BCUT2D eigenvalue weighted by Crippen LogP contribution is 2.24. The van der Waals surface area contributed by atoms with Crippen LogP contribution in [0.25, 0.3) is 0 Å². The van der Waals surface area contributed by atoms with Crippen molar-refractivity contribution in [2.75, 3.05) is 11.1 Å². The standard InChI is InChI=1S/C9H8ClN3S/c10-6-2-1-3-7(4-6)13-9-12-5-8(11)14-9/h1-5H,11H2,(H,12,13). The lowest BCUT2D eigenvalue weighted by atomic mass is 10.3. The van der Waals surface area contributed by atoms with E-state index < -0.39 is 0 Å². The van der Waals surface area contributed by atoms with Crippen molar-refractivity contribution in [2.45, 2.75) is 0 Å². The molecule has 0 aliphatic rings. The van der Waals surface area contributed by atoms with E-state index >= 15 is 0 Å². The Balaban J connectivity index is 2.18. The van der Waals surface area contributed by atoms with Crippen LogP contribution >= 0.6 is 22.9 Å². The summed E-state index contributed by atoms with van der Waals surface area (Å²) in [5, 5.41) is 5.26. The van der Waals surface area contributed by atoms with Crippen LogP contribution in [-0.2, 0) is 0 Å². The molecule has 0 amide bonds. The normalized spacial score (nSPS) is 10.1. The number of halogens is 1. The maximum atomic E-state index is 5.83. The first-order valence-corrected chi connectivity index (χ1v) is 5.17. The SMILES string of the molecule is Nc1cnc(Nc2cccc(Cl)c2)s1. The number of aromatic nitrogens is 1. The fourth-order valence-electron chi connectivity index (χ4n) is 1.03. The van der Waals surface area contributed by atoms with Crippen LogP contribution in [-0.4, -0.2) is 4.98 Å². The first-order valence-electron chi connectivity index (χ1n) is 3.98. The largest absolute Gasteiger partial charge is 0.389 e. The van der Waals surface area contributed by atoms with Crippen LogP contribution in [0.2, 0.25) is 5.02 Å². The number of nitrogens with zero attached hydrogens (tertiary/aromatic N) is 1. The molecule has 0 aliphatic heterocycles. The zero-order chi connectivity index (χ0) is 9.97. The zero-order valence-corrected chi connectivity index (χ0v) is 8.77. The maximum absolute atomic E-state index is 5.83. The molecule has 1 aromatic heterocycles. The second kappa shape index (κ2) is 3.86. The predicted octanol–water partition coefficient (Wildman–Crippen LogP) is 3.12. The average molecular weight is 226 g/mol. The lowest BCUT2D eigenvalue weighted by molar-refractivity contribution is 1.39. The summed E-state index contributed by atoms with van der Waals surface area (Å²) >= 11 is 7.24. The second-order valence-corrected chi connectivity index (χ2v) is 4.20. The van der Waals surface area contributed by atoms with Gasteiger partial charge in [-0.2, -0.15) is 0 Å². The molecule has 2 aromatic rings.